The van der Waals surface area contributed by atoms with Gasteiger partial charge in [0.1, 0.15) is 0 Å². The third-order valence-electron chi connectivity index (χ3n) is 3.28. The number of unbranched alkanes of at least 4 members (excludes halogenated alkanes) is 4. The van der Waals surface area contributed by atoms with Crippen LogP contribution in [0, 0.1) is 0 Å². The van der Waals surface area contributed by atoms with Crippen molar-refractivity contribution in [1.82, 2.24) is 0 Å². The molecule has 0 amide bonds. The van der Waals surface area contributed by atoms with E-state index in [9.17, 15) is 5.11 Å². The van der Waals surface area contributed by atoms with E-state index >= 15 is 0 Å². The van der Waals surface area contributed by atoms with Crippen LogP contribution >= 0.6 is 27.5 Å². The van der Waals surface area contributed by atoms with E-state index in [0.717, 1.165) is 22.9 Å². The van der Waals surface area contributed by atoms with Crippen LogP contribution in [-0.4, -0.2) is 5.11 Å². The van der Waals surface area contributed by atoms with Crippen LogP contribution in [0.5, 0.6) is 0 Å². The van der Waals surface area contributed by atoms with Crippen molar-refractivity contribution in [2.24, 2.45) is 0 Å². The lowest BCUT2D eigenvalue weighted by Crippen LogP contribution is -2.21. The molecule has 0 radical (unpaired) electrons. The predicted molar refractivity (Wildman–Crippen MR) is 82.1 cm³/mol. The van der Waals surface area contributed by atoms with Crippen molar-refractivity contribution in [2.75, 3.05) is 0 Å². The van der Waals surface area contributed by atoms with Crippen molar-refractivity contribution in [3.8, 4) is 0 Å². The zero-order valence-corrected chi connectivity index (χ0v) is 13.5. The molecule has 1 aromatic carbocycles. The van der Waals surface area contributed by atoms with Crippen molar-refractivity contribution >= 4 is 27.5 Å². The molecule has 0 saturated heterocycles. The first-order valence-electron chi connectivity index (χ1n) is 6.65. The van der Waals surface area contributed by atoms with E-state index < -0.39 is 5.60 Å². The highest BCUT2D eigenvalue weighted by molar-refractivity contribution is 9.10. The minimum atomic E-state index is -0.829. The smallest absolute Gasteiger partial charge is 0.0882 e. The zero-order chi connectivity index (χ0) is 13.6. The third kappa shape index (κ3) is 4.91. The van der Waals surface area contributed by atoms with Gasteiger partial charge < -0.3 is 5.11 Å². The monoisotopic (exact) mass is 332 g/mol. The van der Waals surface area contributed by atoms with Gasteiger partial charge >= 0.3 is 0 Å². The molecule has 0 saturated carbocycles. The Morgan fingerprint density at radius 3 is 2.50 bits per heavy atom. The zero-order valence-electron chi connectivity index (χ0n) is 11.2. The Kier molecular flexibility index (Phi) is 6.68. The predicted octanol–water partition coefficient (Wildman–Crippen LogP) is 5.67. The second-order valence-corrected chi connectivity index (χ2v) is 6.39. The van der Waals surface area contributed by atoms with E-state index in [1.165, 1.54) is 25.7 Å². The van der Waals surface area contributed by atoms with Crippen LogP contribution in [-0.2, 0) is 5.60 Å². The molecule has 1 aromatic rings. The molecule has 18 heavy (non-hydrogen) atoms. The summed E-state index contributed by atoms with van der Waals surface area (Å²) < 4.78 is 0.940. The Morgan fingerprint density at radius 1 is 1.22 bits per heavy atom. The number of halogens is 2. The van der Waals surface area contributed by atoms with Gasteiger partial charge in [-0.1, -0.05) is 72.6 Å². The van der Waals surface area contributed by atoms with Crippen molar-refractivity contribution < 1.29 is 5.11 Å². The minimum absolute atomic E-state index is 0.628. The normalized spacial score (nSPS) is 14.5. The summed E-state index contributed by atoms with van der Waals surface area (Å²) in [6.07, 6.45) is 6.76. The Morgan fingerprint density at radius 2 is 1.89 bits per heavy atom. The lowest BCUT2D eigenvalue weighted by atomic mass is 9.90. The maximum absolute atomic E-state index is 10.5. The first-order chi connectivity index (χ1) is 8.47. The van der Waals surface area contributed by atoms with Crippen molar-refractivity contribution in [1.29, 1.82) is 0 Å². The van der Waals surface area contributed by atoms with E-state index in [1.807, 2.05) is 25.1 Å². The summed E-state index contributed by atoms with van der Waals surface area (Å²) in [5, 5.41) is 11.1. The van der Waals surface area contributed by atoms with Crippen LogP contribution in [0.3, 0.4) is 0 Å². The largest absolute Gasteiger partial charge is 0.385 e. The van der Waals surface area contributed by atoms with E-state index in [1.54, 1.807) is 0 Å². The number of aliphatic hydroxyl groups is 1. The van der Waals surface area contributed by atoms with E-state index in [4.69, 9.17) is 11.6 Å². The molecule has 0 fully saturated rings. The molecule has 1 unspecified atom stereocenters. The molecule has 0 aliphatic heterocycles. The third-order valence-corrected chi connectivity index (χ3v) is 4.08. The quantitative estimate of drug-likeness (QED) is 0.637. The molecule has 0 bridgehead atoms. The standard InChI is InChI=1S/C15H22BrClO/c1-3-4-5-6-7-10-15(2,18)13-9-8-12(16)11-14(13)17/h8-9,11,18H,3-7,10H2,1-2H3. The second-order valence-electron chi connectivity index (χ2n) is 5.06. The fraction of sp³-hybridized carbons (Fsp3) is 0.600. The second kappa shape index (κ2) is 7.52. The van der Waals surface area contributed by atoms with E-state index in [2.05, 4.69) is 22.9 Å². The maximum Gasteiger partial charge on any atom is 0.0882 e. The Labute approximate surface area is 124 Å². The summed E-state index contributed by atoms with van der Waals surface area (Å²) in [6.45, 7) is 4.06. The van der Waals surface area contributed by atoms with Gasteiger partial charge in [0.25, 0.3) is 0 Å². The molecule has 1 rings (SSSR count). The maximum atomic E-state index is 10.5. The van der Waals surface area contributed by atoms with E-state index in [0.29, 0.717) is 5.02 Å². The van der Waals surface area contributed by atoms with Gasteiger partial charge in [-0.2, -0.15) is 0 Å². The number of hydrogen-bond donors (Lipinski definition) is 1. The van der Waals surface area contributed by atoms with Gasteiger partial charge in [0, 0.05) is 15.1 Å². The number of rotatable bonds is 7. The van der Waals surface area contributed by atoms with Crippen LogP contribution in [0.2, 0.25) is 5.02 Å². The van der Waals surface area contributed by atoms with Crippen molar-refractivity contribution in [3.05, 3.63) is 33.3 Å². The molecule has 102 valence electrons. The summed E-state index contributed by atoms with van der Waals surface area (Å²) >= 11 is 9.56. The minimum Gasteiger partial charge on any atom is -0.385 e. The molecule has 0 spiro atoms. The van der Waals surface area contributed by atoms with Crippen LogP contribution in [0.4, 0.5) is 0 Å². The Hall–Kier alpha value is -0.0500. The van der Waals surface area contributed by atoms with Crippen LogP contribution in [0.25, 0.3) is 0 Å². The van der Waals surface area contributed by atoms with Crippen molar-refractivity contribution in [2.45, 2.75) is 58.0 Å². The SMILES string of the molecule is CCCCCCCC(C)(O)c1ccc(Br)cc1Cl. The van der Waals surface area contributed by atoms with Gasteiger partial charge in [-0.3, -0.25) is 0 Å². The molecule has 1 N–H and O–H groups in total. The first-order valence-corrected chi connectivity index (χ1v) is 7.82. The number of hydrogen-bond acceptors (Lipinski definition) is 1. The molecule has 0 aromatic heterocycles. The lowest BCUT2D eigenvalue weighted by Gasteiger charge is -2.25. The summed E-state index contributed by atoms with van der Waals surface area (Å²) in [6, 6.07) is 5.66. The van der Waals surface area contributed by atoms with Gasteiger partial charge in [0.05, 0.1) is 5.60 Å². The summed E-state index contributed by atoms with van der Waals surface area (Å²) in [5.74, 6) is 0. The number of benzene rings is 1. The van der Waals surface area contributed by atoms with Gasteiger partial charge in [-0.05, 0) is 25.5 Å². The van der Waals surface area contributed by atoms with Crippen molar-refractivity contribution in [3.63, 3.8) is 0 Å². The van der Waals surface area contributed by atoms with Gasteiger partial charge in [0.15, 0.2) is 0 Å². The molecule has 1 atom stereocenters. The molecular formula is C15H22BrClO. The average Bonchev–Trinajstić information content (AvgIpc) is 2.28. The van der Waals surface area contributed by atoms with Gasteiger partial charge in [-0.25, -0.2) is 0 Å². The average molecular weight is 334 g/mol. The summed E-state index contributed by atoms with van der Waals surface area (Å²) in [7, 11) is 0. The fourth-order valence-corrected chi connectivity index (χ4v) is 3.01. The first kappa shape index (κ1) is 16.0. The molecular weight excluding hydrogens is 312 g/mol. The highest BCUT2D eigenvalue weighted by Gasteiger charge is 2.24. The Bertz CT molecular complexity index is 377. The van der Waals surface area contributed by atoms with Gasteiger partial charge in [0.2, 0.25) is 0 Å². The molecule has 0 aliphatic rings. The molecule has 1 nitrogen and oxygen atoms in total. The summed E-state index contributed by atoms with van der Waals surface area (Å²) in [4.78, 5) is 0. The van der Waals surface area contributed by atoms with Gasteiger partial charge in [-0.15, -0.1) is 0 Å². The summed E-state index contributed by atoms with van der Waals surface area (Å²) in [5.41, 5.74) is -0.00728. The topological polar surface area (TPSA) is 20.2 Å². The fourth-order valence-electron chi connectivity index (χ4n) is 2.13. The molecule has 0 aliphatic carbocycles. The van der Waals surface area contributed by atoms with E-state index in [-0.39, 0.29) is 0 Å². The highest BCUT2D eigenvalue weighted by atomic mass is 79.9. The molecule has 3 heteroatoms. The highest BCUT2D eigenvalue weighted by Crippen LogP contribution is 2.33. The van der Waals surface area contributed by atoms with Crippen LogP contribution < -0.4 is 0 Å². The molecule has 0 heterocycles. The van der Waals surface area contributed by atoms with Crippen LogP contribution in [0.15, 0.2) is 22.7 Å². The Balaban J connectivity index is 2.56. The lowest BCUT2D eigenvalue weighted by molar-refractivity contribution is 0.0449. The van der Waals surface area contributed by atoms with Crippen LogP contribution in [0.1, 0.15) is 57.9 Å².